The molecule has 2 N–H and O–H groups in total. The highest BCUT2D eigenvalue weighted by Crippen LogP contribution is 2.32. The standard InChI is InChI=1S/C15H29N3O2/c1-3-8-18-9-6-13(7-10-18)16-15(20)17(2)11-14(19)12-4-5-12/h12-14,19H,3-11H2,1-2H3,(H,16,20). The largest absolute Gasteiger partial charge is 0.391 e. The molecule has 1 unspecified atom stereocenters. The Morgan fingerprint density at radius 1 is 1.35 bits per heavy atom. The smallest absolute Gasteiger partial charge is 0.317 e. The van der Waals surface area contributed by atoms with E-state index in [-0.39, 0.29) is 18.2 Å². The third kappa shape index (κ3) is 4.63. The van der Waals surface area contributed by atoms with Crippen LogP contribution in [-0.4, -0.2) is 66.3 Å². The Labute approximate surface area is 122 Å². The maximum Gasteiger partial charge on any atom is 0.317 e. The van der Waals surface area contributed by atoms with Crippen molar-refractivity contribution in [2.45, 2.75) is 51.2 Å². The van der Waals surface area contributed by atoms with Gasteiger partial charge in [0.15, 0.2) is 0 Å². The molecule has 0 spiro atoms. The molecule has 0 bridgehead atoms. The summed E-state index contributed by atoms with van der Waals surface area (Å²) in [5, 5.41) is 13.0. The van der Waals surface area contributed by atoms with E-state index in [0.717, 1.165) is 45.3 Å². The number of rotatable bonds is 6. The van der Waals surface area contributed by atoms with E-state index < -0.39 is 0 Å². The van der Waals surface area contributed by atoms with Gasteiger partial charge < -0.3 is 20.2 Å². The van der Waals surface area contributed by atoms with Gasteiger partial charge in [-0.25, -0.2) is 4.79 Å². The minimum absolute atomic E-state index is 0.0429. The van der Waals surface area contributed by atoms with Crippen LogP contribution in [0.2, 0.25) is 0 Å². The molecule has 1 saturated heterocycles. The fourth-order valence-electron chi connectivity index (χ4n) is 2.90. The van der Waals surface area contributed by atoms with Crippen molar-refractivity contribution in [1.82, 2.24) is 15.1 Å². The predicted octanol–water partition coefficient (Wildman–Crippen LogP) is 1.27. The predicted molar refractivity (Wildman–Crippen MR) is 79.6 cm³/mol. The molecule has 1 saturated carbocycles. The van der Waals surface area contributed by atoms with Gasteiger partial charge in [0.25, 0.3) is 0 Å². The Balaban J connectivity index is 1.66. The van der Waals surface area contributed by atoms with Crippen molar-refractivity contribution in [2.75, 3.05) is 33.2 Å². The molecule has 0 aromatic heterocycles. The number of likely N-dealkylation sites (N-methyl/N-ethyl adjacent to an activating group) is 1. The summed E-state index contributed by atoms with van der Waals surface area (Å²) in [6.45, 7) is 5.97. The number of hydrogen-bond donors (Lipinski definition) is 2. The average molecular weight is 283 g/mol. The molecule has 116 valence electrons. The molecule has 20 heavy (non-hydrogen) atoms. The van der Waals surface area contributed by atoms with Crippen LogP contribution in [0.3, 0.4) is 0 Å². The Bertz CT molecular complexity index is 312. The maximum absolute atomic E-state index is 12.1. The van der Waals surface area contributed by atoms with Crippen molar-refractivity contribution in [3.63, 3.8) is 0 Å². The summed E-state index contributed by atoms with van der Waals surface area (Å²) in [5.41, 5.74) is 0. The summed E-state index contributed by atoms with van der Waals surface area (Å²) in [6, 6.07) is 0.245. The number of carbonyl (C=O) groups excluding carboxylic acids is 1. The second-order valence-electron chi connectivity index (χ2n) is 6.35. The van der Waals surface area contributed by atoms with Crippen LogP contribution in [0.1, 0.15) is 39.0 Å². The molecule has 1 atom stereocenters. The van der Waals surface area contributed by atoms with Crippen LogP contribution in [0.5, 0.6) is 0 Å². The van der Waals surface area contributed by atoms with E-state index in [2.05, 4.69) is 17.1 Å². The van der Waals surface area contributed by atoms with E-state index in [4.69, 9.17) is 0 Å². The topological polar surface area (TPSA) is 55.8 Å². The van der Waals surface area contributed by atoms with Gasteiger partial charge >= 0.3 is 6.03 Å². The van der Waals surface area contributed by atoms with E-state index >= 15 is 0 Å². The number of amides is 2. The summed E-state index contributed by atoms with van der Waals surface area (Å²) in [5.74, 6) is 0.419. The Morgan fingerprint density at radius 3 is 2.55 bits per heavy atom. The van der Waals surface area contributed by atoms with Gasteiger partial charge in [0, 0.05) is 32.7 Å². The van der Waals surface area contributed by atoms with Gasteiger partial charge in [-0.15, -0.1) is 0 Å². The molecule has 2 amide bonds. The van der Waals surface area contributed by atoms with Gasteiger partial charge in [-0.05, 0) is 44.6 Å². The molecular weight excluding hydrogens is 254 g/mol. The van der Waals surface area contributed by atoms with Gasteiger partial charge in [0.1, 0.15) is 0 Å². The van der Waals surface area contributed by atoms with Crippen molar-refractivity contribution in [3.8, 4) is 0 Å². The summed E-state index contributed by atoms with van der Waals surface area (Å²) >= 11 is 0. The third-order valence-corrected chi connectivity index (χ3v) is 4.43. The molecule has 0 aromatic carbocycles. The zero-order valence-electron chi connectivity index (χ0n) is 12.8. The molecule has 5 heteroatoms. The van der Waals surface area contributed by atoms with Gasteiger partial charge in [-0.3, -0.25) is 0 Å². The minimum atomic E-state index is -0.350. The maximum atomic E-state index is 12.1. The summed E-state index contributed by atoms with van der Waals surface area (Å²) < 4.78 is 0. The zero-order valence-corrected chi connectivity index (χ0v) is 12.8. The lowest BCUT2D eigenvalue weighted by Crippen LogP contribution is -2.49. The van der Waals surface area contributed by atoms with Crippen LogP contribution < -0.4 is 5.32 Å². The number of likely N-dealkylation sites (tertiary alicyclic amines) is 1. The number of nitrogens with one attached hydrogen (secondary N) is 1. The number of urea groups is 1. The fraction of sp³-hybridized carbons (Fsp3) is 0.933. The van der Waals surface area contributed by atoms with Crippen molar-refractivity contribution in [1.29, 1.82) is 0 Å². The SMILES string of the molecule is CCCN1CCC(NC(=O)N(C)CC(O)C2CC2)CC1. The molecule has 0 radical (unpaired) electrons. The lowest BCUT2D eigenvalue weighted by atomic mass is 10.1. The minimum Gasteiger partial charge on any atom is -0.391 e. The third-order valence-electron chi connectivity index (χ3n) is 4.43. The zero-order chi connectivity index (χ0) is 14.5. The van der Waals surface area contributed by atoms with Gasteiger partial charge in [-0.1, -0.05) is 6.92 Å². The first-order chi connectivity index (χ1) is 9.60. The molecule has 2 fully saturated rings. The molecule has 0 aromatic rings. The van der Waals surface area contributed by atoms with Crippen LogP contribution in [0.15, 0.2) is 0 Å². The fourth-order valence-corrected chi connectivity index (χ4v) is 2.90. The van der Waals surface area contributed by atoms with E-state index in [1.54, 1.807) is 11.9 Å². The molecule has 1 aliphatic carbocycles. The molecular formula is C15H29N3O2. The second-order valence-corrected chi connectivity index (χ2v) is 6.35. The quantitative estimate of drug-likeness (QED) is 0.772. The second kappa shape index (κ2) is 7.27. The van der Waals surface area contributed by atoms with Gasteiger partial charge in [-0.2, -0.15) is 0 Å². The monoisotopic (exact) mass is 283 g/mol. The van der Waals surface area contributed by atoms with E-state index in [1.807, 2.05) is 0 Å². The van der Waals surface area contributed by atoms with Crippen molar-refractivity contribution >= 4 is 6.03 Å². The number of aliphatic hydroxyl groups excluding tert-OH is 1. The van der Waals surface area contributed by atoms with Crippen molar-refractivity contribution < 1.29 is 9.90 Å². The number of piperidine rings is 1. The van der Waals surface area contributed by atoms with E-state index in [0.29, 0.717) is 12.5 Å². The van der Waals surface area contributed by atoms with Crippen LogP contribution >= 0.6 is 0 Å². The Kier molecular flexibility index (Phi) is 5.66. The lowest BCUT2D eigenvalue weighted by molar-refractivity contribution is 0.110. The number of carbonyl (C=O) groups is 1. The van der Waals surface area contributed by atoms with Gasteiger partial charge in [0.05, 0.1) is 6.10 Å². The summed E-state index contributed by atoms with van der Waals surface area (Å²) in [4.78, 5) is 16.2. The lowest BCUT2D eigenvalue weighted by Gasteiger charge is -2.33. The van der Waals surface area contributed by atoms with Crippen molar-refractivity contribution in [3.05, 3.63) is 0 Å². The summed E-state index contributed by atoms with van der Waals surface area (Å²) in [7, 11) is 1.77. The van der Waals surface area contributed by atoms with E-state index in [9.17, 15) is 9.90 Å². The number of nitrogens with zero attached hydrogens (tertiary/aromatic N) is 2. The summed E-state index contributed by atoms with van der Waals surface area (Å²) in [6.07, 6.45) is 5.12. The van der Waals surface area contributed by atoms with Crippen LogP contribution in [0, 0.1) is 5.92 Å². The highest BCUT2D eigenvalue weighted by molar-refractivity contribution is 5.74. The number of aliphatic hydroxyl groups is 1. The van der Waals surface area contributed by atoms with Crippen LogP contribution in [0.4, 0.5) is 4.79 Å². The first kappa shape index (κ1) is 15.6. The van der Waals surface area contributed by atoms with E-state index in [1.165, 1.54) is 6.42 Å². The van der Waals surface area contributed by atoms with Crippen LogP contribution in [-0.2, 0) is 0 Å². The Morgan fingerprint density at radius 2 is 2.00 bits per heavy atom. The van der Waals surface area contributed by atoms with Crippen molar-refractivity contribution in [2.24, 2.45) is 5.92 Å². The molecule has 5 nitrogen and oxygen atoms in total. The highest BCUT2D eigenvalue weighted by Gasteiger charge is 2.31. The first-order valence-corrected chi connectivity index (χ1v) is 8.02. The van der Waals surface area contributed by atoms with Gasteiger partial charge in [0.2, 0.25) is 0 Å². The highest BCUT2D eigenvalue weighted by atomic mass is 16.3. The molecule has 2 rings (SSSR count). The number of hydrogen-bond acceptors (Lipinski definition) is 3. The Hall–Kier alpha value is -0.810. The normalized spacial score (nSPS) is 22.6. The molecule has 2 aliphatic rings. The van der Waals surface area contributed by atoms with Crippen LogP contribution in [0.25, 0.3) is 0 Å². The molecule has 1 heterocycles. The molecule has 1 aliphatic heterocycles. The average Bonchev–Trinajstić information content (AvgIpc) is 3.25. The first-order valence-electron chi connectivity index (χ1n) is 8.02.